The molecule has 0 N–H and O–H groups in total. The molecule has 1 aromatic carbocycles. The average Bonchev–Trinajstić information content (AvgIpc) is 2.10. The van der Waals surface area contributed by atoms with E-state index in [2.05, 4.69) is 25.1 Å². The number of benzene rings is 1. The van der Waals surface area contributed by atoms with E-state index >= 15 is 0 Å². The Morgan fingerprint density at radius 3 is 2.33 bits per heavy atom. The van der Waals surface area contributed by atoms with Gasteiger partial charge in [0.1, 0.15) is 0 Å². The van der Waals surface area contributed by atoms with Crippen LogP contribution in [0.5, 0.6) is 0 Å². The Kier molecular flexibility index (Phi) is 2.88. The highest BCUT2D eigenvalue weighted by molar-refractivity contribution is 5.27. The minimum Gasteiger partial charge on any atom is -0.198 e. The molecule has 0 fully saturated rings. The first-order valence-electron chi connectivity index (χ1n) is 4.24. The van der Waals surface area contributed by atoms with E-state index < -0.39 is 0 Å². The lowest BCUT2D eigenvalue weighted by Crippen LogP contribution is -1.92. The van der Waals surface area contributed by atoms with Crippen LogP contribution in [0.3, 0.4) is 0 Å². The van der Waals surface area contributed by atoms with Crippen LogP contribution in [0, 0.1) is 18.3 Å². The zero-order valence-electron chi connectivity index (χ0n) is 7.54. The number of hydrogen-bond donors (Lipinski definition) is 0. The van der Waals surface area contributed by atoms with Gasteiger partial charge in [0.25, 0.3) is 0 Å². The highest BCUT2D eigenvalue weighted by Gasteiger charge is 2.05. The van der Waals surface area contributed by atoms with Gasteiger partial charge < -0.3 is 0 Å². The van der Waals surface area contributed by atoms with Gasteiger partial charge in [-0.15, -0.1) is 0 Å². The highest BCUT2D eigenvalue weighted by Crippen LogP contribution is 2.18. The molecule has 1 atom stereocenters. The van der Waals surface area contributed by atoms with Crippen molar-refractivity contribution in [2.75, 3.05) is 0 Å². The van der Waals surface area contributed by atoms with Gasteiger partial charge in [0.2, 0.25) is 0 Å². The fourth-order valence-electron chi connectivity index (χ4n) is 1.20. The van der Waals surface area contributed by atoms with E-state index in [-0.39, 0.29) is 5.92 Å². The molecule has 62 valence electrons. The van der Waals surface area contributed by atoms with Crippen molar-refractivity contribution < 1.29 is 0 Å². The van der Waals surface area contributed by atoms with Gasteiger partial charge in [-0.3, -0.25) is 0 Å². The predicted molar refractivity (Wildman–Crippen MR) is 49.8 cm³/mol. The molecule has 1 rings (SSSR count). The van der Waals surface area contributed by atoms with Crippen molar-refractivity contribution in [2.24, 2.45) is 0 Å². The molecule has 0 aliphatic rings. The maximum atomic E-state index is 8.80. The molecule has 0 bridgehead atoms. The van der Waals surface area contributed by atoms with Gasteiger partial charge in [-0.05, 0) is 18.9 Å². The van der Waals surface area contributed by atoms with Crippen molar-refractivity contribution in [3.05, 3.63) is 35.4 Å². The second-order valence-corrected chi connectivity index (χ2v) is 3.00. The third-order valence-corrected chi connectivity index (χ3v) is 2.04. The molecule has 0 aromatic heterocycles. The van der Waals surface area contributed by atoms with Crippen molar-refractivity contribution in [1.29, 1.82) is 5.26 Å². The smallest absolute Gasteiger partial charge is 0.0710 e. The number of rotatable bonds is 2. The fraction of sp³-hybridized carbons (Fsp3) is 0.364. The lowest BCUT2D eigenvalue weighted by atomic mass is 9.97. The zero-order valence-corrected chi connectivity index (χ0v) is 7.54. The summed E-state index contributed by atoms with van der Waals surface area (Å²) < 4.78 is 0. The number of hydrogen-bond acceptors (Lipinski definition) is 1. The highest BCUT2D eigenvalue weighted by atomic mass is 14.3. The van der Waals surface area contributed by atoms with E-state index in [4.69, 9.17) is 5.26 Å². The summed E-state index contributed by atoms with van der Waals surface area (Å²) in [5, 5.41) is 8.80. The van der Waals surface area contributed by atoms with Gasteiger partial charge in [-0.2, -0.15) is 5.26 Å². The van der Waals surface area contributed by atoms with Crippen LogP contribution >= 0.6 is 0 Å². The van der Waals surface area contributed by atoms with Crippen molar-refractivity contribution in [3.8, 4) is 6.07 Å². The average molecular weight is 159 g/mol. The summed E-state index contributed by atoms with van der Waals surface area (Å²) in [6.45, 7) is 4.09. The SMILES string of the molecule is CC[C@@H](C#N)c1ccc(C)cc1. The first-order chi connectivity index (χ1) is 5.77. The lowest BCUT2D eigenvalue weighted by Gasteiger charge is -2.05. The van der Waals surface area contributed by atoms with Gasteiger partial charge in [-0.1, -0.05) is 36.8 Å². The summed E-state index contributed by atoms with van der Waals surface area (Å²) in [5.74, 6) is 0.0607. The van der Waals surface area contributed by atoms with E-state index in [0.29, 0.717) is 0 Å². The van der Waals surface area contributed by atoms with Gasteiger partial charge in [0.05, 0.1) is 12.0 Å². The van der Waals surface area contributed by atoms with E-state index in [1.807, 2.05) is 19.1 Å². The Morgan fingerprint density at radius 1 is 1.33 bits per heavy atom. The molecule has 0 amide bonds. The van der Waals surface area contributed by atoms with Crippen molar-refractivity contribution in [2.45, 2.75) is 26.2 Å². The molecule has 0 saturated heterocycles. The normalized spacial score (nSPS) is 12.1. The Labute approximate surface area is 73.6 Å². The van der Waals surface area contributed by atoms with Crippen molar-refractivity contribution in [1.82, 2.24) is 0 Å². The Balaban J connectivity index is 2.89. The molecule has 1 nitrogen and oxygen atoms in total. The summed E-state index contributed by atoms with van der Waals surface area (Å²) in [4.78, 5) is 0. The van der Waals surface area contributed by atoms with Crippen LogP contribution in [-0.4, -0.2) is 0 Å². The third-order valence-electron chi connectivity index (χ3n) is 2.04. The summed E-state index contributed by atoms with van der Waals surface area (Å²) in [7, 11) is 0. The number of aryl methyl sites for hydroxylation is 1. The van der Waals surface area contributed by atoms with E-state index in [1.54, 1.807) is 0 Å². The molecule has 0 radical (unpaired) electrons. The fourth-order valence-corrected chi connectivity index (χ4v) is 1.20. The van der Waals surface area contributed by atoms with Crippen LogP contribution in [0.2, 0.25) is 0 Å². The lowest BCUT2D eigenvalue weighted by molar-refractivity contribution is 0.818. The molecule has 0 unspecified atom stereocenters. The largest absolute Gasteiger partial charge is 0.198 e. The van der Waals surface area contributed by atoms with Crippen LogP contribution in [0.15, 0.2) is 24.3 Å². The summed E-state index contributed by atoms with van der Waals surface area (Å²) in [6.07, 6.45) is 0.888. The monoisotopic (exact) mass is 159 g/mol. The molecular formula is C11H13N. The van der Waals surface area contributed by atoms with Gasteiger partial charge in [0.15, 0.2) is 0 Å². The maximum Gasteiger partial charge on any atom is 0.0710 e. The molecule has 0 spiro atoms. The molecule has 1 aromatic rings. The second kappa shape index (κ2) is 3.92. The Morgan fingerprint density at radius 2 is 1.92 bits per heavy atom. The zero-order chi connectivity index (χ0) is 8.97. The minimum atomic E-state index is 0.0607. The summed E-state index contributed by atoms with van der Waals surface area (Å²) >= 11 is 0. The minimum absolute atomic E-state index is 0.0607. The molecule has 12 heavy (non-hydrogen) atoms. The maximum absolute atomic E-state index is 8.80. The molecule has 0 heterocycles. The van der Waals surface area contributed by atoms with Crippen LogP contribution in [-0.2, 0) is 0 Å². The van der Waals surface area contributed by atoms with Crippen LogP contribution in [0.4, 0.5) is 0 Å². The topological polar surface area (TPSA) is 23.8 Å². The number of nitriles is 1. The molecular weight excluding hydrogens is 146 g/mol. The van der Waals surface area contributed by atoms with Gasteiger partial charge in [0, 0.05) is 0 Å². The van der Waals surface area contributed by atoms with Gasteiger partial charge >= 0.3 is 0 Å². The quantitative estimate of drug-likeness (QED) is 0.650. The van der Waals surface area contributed by atoms with Gasteiger partial charge in [-0.25, -0.2) is 0 Å². The van der Waals surface area contributed by atoms with Crippen molar-refractivity contribution in [3.63, 3.8) is 0 Å². The molecule has 1 heteroatoms. The van der Waals surface area contributed by atoms with E-state index in [1.165, 1.54) is 5.56 Å². The second-order valence-electron chi connectivity index (χ2n) is 3.00. The predicted octanol–water partition coefficient (Wildman–Crippen LogP) is 3.01. The first-order valence-corrected chi connectivity index (χ1v) is 4.24. The van der Waals surface area contributed by atoms with Crippen LogP contribution in [0.25, 0.3) is 0 Å². The summed E-state index contributed by atoms with van der Waals surface area (Å²) in [6, 6.07) is 10.5. The third kappa shape index (κ3) is 1.85. The van der Waals surface area contributed by atoms with E-state index in [0.717, 1.165) is 12.0 Å². The Bertz CT molecular complexity index is 279. The van der Waals surface area contributed by atoms with Crippen LogP contribution < -0.4 is 0 Å². The van der Waals surface area contributed by atoms with Crippen LogP contribution in [0.1, 0.15) is 30.4 Å². The van der Waals surface area contributed by atoms with Crippen molar-refractivity contribution >= 4 is 0 Å². The van der Waals surface area contributed by atoms with E-state index in [9.17, 15) is 0 Å². The standard InChI is InChI=1S/C11H13N/c1-3-10(8-12)11-6-4-9(2)5-7-11/h4-7,10H,3H2,1-2H3/t10-/m0/s1. The molecule has 0 aliphatic heterocycles. The molecule has 0 saturated carbocycles. The first kappa shape index (κ1) is 8.80. The summed E-state index contributed by atoms with van der Waals surface area (Å²) in [5.41, 5.74) is 2.37. The number of nitrogens with zero attached hydrogens (tertiary/aromatic N) is 1. The Hall–Kier alpha value is -1.29. The molecule has 0 aliphatic carbocycles.